The molecule has 4 nitrogen and oxygen atoms in total. The summed E-state index contributed by atoms with van der Waals surface area (Å²) in [5, 5.41) is 12.1. The molecule has 0 bridgehead atoms. The number of hydrogen-bond donors (Lipinski definition) is 3. The summed E-state index contributed by atoms with van der Waals surface area (Å²) < 4.78 is 2.43. The average molecular weight is 215 g/mol. The van der Waals surface area contributed by atoms with Crippen LogP contribution in [-0.2, 0) is 19.4 Å². The molecule has 0 aliphatic carbocycles. The Bertz CT molecular complexity index is 86.6. The topological polar surface area (TPSA) is 39.3 Å². The molecule has 0 radical (unpaired) electrons. The Hall–Kier alpha value is 0.844. The fourth-order valence-corrected chi connectivity index (χ4v) is 1.68. The average Bonchev–Trinajstić information content (AvgIpc) is 1.87. The molecule has 1 heterocycles. The molecule has 1 aliphatic heterocycles. The van der Waals surface area contributed by atoms with Gasteiger partial charge >= 0.3 is 70.6 Å². The monoisotopic (exact) mass is 214 g/mol. The van der Waals surface area contributed by atoms with Crippen molar-refractivity contribution in [1.29, 1.82) is 0 Å². The van der Waals surface area contributed by atoms with Crippen LogP contribution in [-0.4, -0.2) is 30.1 Å². The van der Waals surface area contributed by atoms with Crippen LogP contribution in [0.15, 0.2) is 0 Å². The molecule has 0 unspecified atom stereocenters. The molecule has 3 N–H and O–H groups in total. The van der Waals surface area contributed by atoms with Crippen LogP contribution in [0, 0.1) is 0 Å². The SMILES string of the molecule is Cl.[CH3][Ti][N]1CNCNCNC1. The van der Waals surface area contributed by atoms with E-state index in [1.807, 2.05) is 0 Å². The molecule has 11 heavy (non-hydrogen) atoms. The first-order chi connectivity index (χ1) is 4.93. The first kappa shape index (κ1) is 11.8. The van der Waals surface area contributed by atoms with E-state index in [0.29, 0.717) is 0 Å². The zero-order valence-corrected chi connectivity index (χ0v) is 9.06. The van der Waals surface area contributed by atoms with Crippen molar-refractivity contribution in [3.8, 4) is 0 Å². The zero-order valence-electron chi connectivity index (χ0n) is 6.68. The van der Waals surface area contributed by atoms with Crippen molar-refractivity contribution in [2.45, 2.75) is 5.23 Å². The van der Waals surface area contributed by atoms with E-state index in [2.05, 4.69) is 24.6 Å². The van der Waals surface area contributed by atoms with Crippen LogP contribution >= 0.6 is 12.4 Å². The molecule has 1 fully saturated rings. The summed E-state index contributed by atoms with van der Waals surface area (Å²) >= 11 is 0.120. The summed E-state index contributed by atoms with van der Waals surface area (Å²) in [6.07, 6.45) is 0. The number of rotatable bonds is 1. The molecule has 0 aromatic heterocycles. The van der Waals surface area contributed by atoms with Gasteiger partial charge in [-0.3, -0.25) is 0 Å². The summed E-state index contributed by atoms with van der Waals surface area (Å²) in [7, 11) is 0. The van der Waals surface area contributed by atoms with Crippen LogP contribution in [0.25, 0.3) is 0 Å². The van der Waals surface area contributed by atoms with Crippen LogP contribution in [0.1, 0.15) is 0 Å². The third-order valence-corrected chi connectivity index (χ3v) is 2.90. The van der Waals surface area contributed by atoms with Crippen LogP contribution < -0.4 is 16.0 Å². The van der Waals surface area contributed by atoms with E-state index in [0.717, 1.165) is 26.7 Å². The van der Waals surface area contributed by atoms with Crippen molar-refractivity contribution in [2.24, 2.45) is 0 Å². The maximum absolute atomic E-state index is 3.29. The Morgan fingerprint density at radius 2 is 1.64 bits per heavy atom. The molecule has 0 saturated carbocycles. The third-order valence-electron chi connectivity index (χ3n) is 1.42. The summed E-state index contributed by atoms with van der Waals surface area (Å²) in [5.41, 5.74) is 0. The molecular weight excluding hydrogens is 199 g/mol. The Kier molecular flexibility index (Phi) is 8.07. The fourth-order valence-electron chi connectivity index (χ4n) is 0.835. The molecule has 0 aromatic carbocycles. The van der Waals surface area contributed by atoms with Crippen molar-refractivity contribution < 1.29 is 19.4 Å². The van der Waals surface area contributed by atoms with Gasteiger partial charge in [-0.1, -0.05) is 0 Å². The van der Waals surface area contributed by atoms with Crippen LogP contribution in [0.5, 0.6) is 0 Å². The van der Waals surface area contributed by atoms with E-state index in [-0.39, 0.29) is 31.8 Å². The number of halogens is 1. The zero-order chi connectivity index (χ0) is 7.23. The van der Waals surface area contributed by atoms with Gasteiger partial charge in [-0.2, -0.15) is 0 Å². The van der Waals surface area contributed by atoms with Gasteiger partial charge in [-0.05, 0) is 0 Å². The van der Waals surface area contributed by atoms with Crippen LogP contribution in [0.4, 0.5) is 0 Å². The minimum absolute atomic E-state index is 0. The van der Waals surface area contributed by atoms with Gasteiger partial charge in [0.1, 0.15) is 0 Å². The summed E-state index contributed by atoms with van der Waals surface area (Å²) in [6, 6.07) is 0. The Balaban J connectivity index is 0.000001000. The molecule has 0 aromatic rings. The molecule has 1 aliphatic rings. The number of hydrogen-bond acceptors (Lipinski definition) is 4. The molecular formula is C5H15ClN4Ti. The van der Waals surface area contributed by atoms with Crippen molar-refractivity contribution >= 4 is 12.4 Å². The second-order valence-corrected chi connectivity index (χ2v) is 3.87. The Labute approximate surface area is 83.1 Å². The van der Waals surface area contributed by atoms with E-state index < -0.39 is 0 Å². The van der Waals surface area contributed by atoms with E-state index in [1.165, 1.54) is 0 Å². The van der Waals surface area contributed by atoms with E-state index in [4.69, 9.17) is 0 Å². The molecule has 1 rings (SSSR count). The van der Waals surface area contributed by atoms with Crippen molar-refractivity contribution in [2.75, 3.05) is 26.7 Å². The van der Waals surface area contributed by atoms with E-state index >= 15 is 0 Å². The van der Waals surface area contributed by atoms with Crippen molar-refractivity contribution in [3.05, 3.63) is 0 Å². The second-order valence-electron chi connectivity index (χ2n) is 2.18. The van der Waals surface area contributed by atoms with Crippen LogP contribution in [0.3, 0.4) is 0 Å². The van der Waals surface area contributed by atoms with Gasteiger partial charge in [-0.15, -0.1) is 12.4 Å². The normalized spacial score (nSPS) is 21.2. The van der Waals surface area contributed by atoms with Gasteiger partial charge in [-0.25, -0.2) is 0 Å². The molecule has 66 valence electrons. The molecule has 0 atom stereocenters. The predicted octanol–water partition coefficient (Wildman–Crippen LogP) is -0.632. The first-order valence-electron chi connectivity index (χ1n) is 3.48. The Morgan fingerprint density at radius 1 is 1.09 bits per heavy atom. The summed E-state index contributed by atoms with van der Waals surface area (Å²) in [4.78, 5) is 0. The molecule has 0 amide bonds. The van der Waals surface area contributed by atoms with Gasteiger partial charge in [0.15, 0.2) is 0 Å². The number of nitrogens with one attached hydrogen (secondary N) is 3. The number of nitrogens with zero attached hydrogens (tertiary/aromatic N) is 1. The molecule has 6 heteroatoms. The van der Waals surface area contributed by atoms with Gasteiger partial charge < -0.3 is 0 Å². The third kappa shape index (κ3) is 5.14. The van der Waals surface area contributed by atoms with Gasteiger partial charge in [0.25, 0.3) is 0 Å². The van der Waals surface area contributed by atoms with E-state index in [1.54, 1.807) is 0 Å². The standard InChI is InChI=1S/C4H11N4.CH3.ClH.Ti/c1-5-2-7-4-8-3-6-1;;;/h5-7H,1-4H2;1H3;1H;/q-1;;;+1. The summed E-state index contributed by atoms with van der Waals surface area (Å²) in [5.74, 6) is 0. The molecule has 1 saturated heterocycles. The van der Waals surface area contributed by atoms with Crippen molar-refractivity contribution in [1.82, 2.24) is 19.3 Å². The van der Waals surface area contributed by atoms with E-state index in [9.17, 15) is 0 Å². The maximum atomic E-state index is 3.29. The first-order valence-corrected chi connectivity index (χ1v) is 5.74. The van der Waals surface area contributed by atoms with Gasteiger partial charge in [0.2, 0.25) is 0 Å². The quantitative estimate of drug-likeness (QED) is 0.508. The van der Waals surface area contributed by atoms with Gasteiger partial charge in [0.05, 0.1) is 0 Å². The van der Waals surface area contributed by atoms with Crippen LogP contribution in [0.2, 0.25) is 5.23 Å². The predicted molar refractivity (Wildman–Crippen MR) is 43.8 cm³/mol. The molecule has 0 spiro atoms. The summed E-state index contributed by atoms with van der Waals surface area (Å²) in [6.45, 7) is 3.87. The van der Waals surface area contributed by atoms with Gasteiger partial charge in [0, 0.05) is 0 Å². The minimum atomic E-state index is 0. The fraction of sp³-hybridized carbons (Fsp3) is 1.00. The second kappa shape index (κ2) is 7.49. The van der Waals surface area contributed by atoms with Crippen molar-refractivity contribution in [3.63, 3.8) is 0 Å². The Morgan fingerprint density at radius 3 is 2.09 bits per heavy atom.